The Hall–Kier alpha value is -4.79. The number of aryl methyl sites for hydroxylation is 1. The summed E-state index contributed by atoms with van der Waals surface area (Å²) >= 11 is 0. The molecule has 4 aromatic rings. The van der Waals surface area contributed by atoms with Gasteiger partial charge in [-0.2, -0.15) is 0 Å². The first kappa shape index (κ1) is 23.3. The summed E-state index contributed by atoms with van der Waals surface area (Å²) in [6.07, 6.45) is 6.37. The smallest absolute Gasteiger partial charge is 0.264 e. The Kier molecular flexibility index (Phi) is 5.16. The Bertz CT molecular complexity index is 1730. The van der Waals surface area contributed by atoms with Crippen LogP contribution in [0.4, 0.5) is 11.4 Å². The molecule has 0 spiro atoms. The average Bonchev–Trinajstić information content (AvgIpc) is 3.63. The fourth-order valence-corrected chi connectivity index (χ4v) is 5.69. The molecule has 194 valence electrons. The predicted molar refractivity (Wildman–Crippen MR) is 145 cm³/mol. The Morgan fingerprint density at radius 3 is 2.54 bits per heavy atom. The molecule has 9 nitrogen and oxygen atoms in total. The van der Waals surface area contributed by atoms with E-state index in [0.717, 1.165) is 51.2 Å². The third-order valence-corrected chi connectivity index (χ3v) is 7.75. The zero-order chi connectivity index (χ0) is 26.8. The van der Waals surface area contributed by atoms with E-state index in [1.165, 1.54) is 0 Å². The molecule has 2 fully saturated rings. The summed E-state index contributed by atoms with van der Waals surface area (Å²) in [6, 6.07) is 14.9. The number of carbonyl (C=O) groups excluding carboxylic acids is 4. The third-order valence-electron chi connectivity index (χ3n) is 7.75. The van der Waals surface area contributed by atoms with E-state index in [-0.39, 0.29) is 24.0 Å². The summed E-state index contributed by atoms with van der Waals surface area (Å²) in [5.41, 5.74) is 5.63. The van der Waals surface area contributed by atoms with E-state index in [1.807, 2.05) is 19.1 Å². The highest BCUT2D eigenvalue weighted by Crippen LogP contribution is 2.42. The third kappa shape index (κ3) is 3.80. The summed E-state index contributed by atoms with van der Waals surface area (Å²) in [7, 11) is 0. The van der Waals surface area contributed by atoms with Crippen molar-refractivity contribution >= 4 is 45.9 Å². The predicted octanol–water partition coefficient (Wildman–Crippen LogP) is 4.49. The van der Waals surface area contributed by atoms with Gasteiger partial charge in [0.1, 0.15) is 6.04 Å². The van der Waals surface area contributed by atoms with Crippen LogP contribution < -0.4 is 10.6 Å². The van der Waals surface area contributed by atoms with Crippen molar-refractivity contribution in [2.24, 2.45) is 0 Å². The lowest BCUT2D eigenvalue weighted by Crippen LogP contribution is -2.54. The molecule has 1 saturated heterocycles. The summed E-state index contributed by atoms with van der Waals surface area (Å²) in [6.45, 7) is 1.94. The molecule has 9 heteroatoms. The van der Waals surface area contributed by atoms with Gasteiger partial charge in [0.2, 0.25) is 11.8 Å². The average molecular weight is 520 g/mol. The van der Waals surface area contributed by atoms with Crippen LogP contribution in [0.25, 0.3) is 22.0 Å². The monoisotopic (exact) mass is 519 g/mol. The van der Waals surface area contributed by atoms with Crippen LogP contribution in [0.5, 0.6) is 0 Å². The fourth-order valence-electron chi connectivity index (χ4n) is 5.69. The number of nitrogens with one attached hydrogen (secondary N) is 2. The number of carbonyl (C=O) groups is 4. The zero-order valence-corrected chi connectivity index (χ0v) is 21.2. The van der Waals surface area contributed by atoms with Crippen molar-refractivity contribution in [1.82, 2.24) is 19.8 Å². The minimum Gasteiger partial charge on any atom is -0.354 e. The maximum absolute atomic E-state index is 13.7. The van der Waals surface area contributed by atoms with Gasteiger partial charge in [0, 0.05) is 47.2 Å². The van der Waals surface area contributed by atoms with Crippen LogP contribution in [0, 0.1) is 6.92 Å². The van der Waals surface area contributed by atoms with Crippen molar-refractivity contribution in [2.75, 3.05) is 5.32 Å². The number of anilines is 2. The first-order valence-corrected chi connectivity index (χ1v) is 13.1. The van der Waals surface area contributed by atoms with Crippen LogP contribution in [-0.2, 0) is 9.59 Å². The maximum Gasteiger partial charge on any atom is 0.264 e. The number of aromatic nitrogens is 2. The normalized spacial score (nSPS) is 19.0. The molecule has 3 aliphatic rings. The molecule has 2 aliphatic heterocycles. The Morgan fingerprint density at radius 1 is 0.923 bits per heavy atom. The van der Waals surface area contributed by atoms with E-state index < -0.39 is 29.7 Å². The summed E-state index contributed by atoms with van der Waals surface area (Å²) in [5, 5.41) is 6.83. The molecule has 1 unspecified atom stereocenters. The number of fused-ring (bicyclic) bond motifs is 2. The van der Waals surface area contributed by atoms with Gasteiger partial charge in [-0.05, 0) is 74.2 Å². The van der Waals surface area contributed by atoms with Crippen LogP contribution in [0.1, 0.15) is 58.1 Å². The highest BCUT2D eigenvalue weighted by atomic mass is 16.2. The van der Waals surface area contributed by atoms with Crippen LogP contribution in [0.3, 0.4) is 0 Å². The fraction of sp³-hybridized carbons (Fsp3) is 0.233. The molecule has 39 heavy (non-hydrogen) atoms. The molecular formula is C30H25N5O4. The Balaban J connectivity index is 1.33. The molecule has 1 saturated carbocycles. The highest BCUT2D eigenvalue weighted by Gasteiger charge is 2.45. The van der Waals surface area contributed by atoms with E-state index in [2.05, 4.69) is 44.6 Å². The molecule has 0 radical (unpaired) electrons. The van der Waals surface area contributed by atoms with Crippen molar-refractivity contribution in [1.29, 1.82) is 0 Å². The van der Waals surface area contributed by atoms with E-state index in [4.69, 9.17) is 0 Å². The molecule has 4 amide bonds. The van der Waals surface area contributed by atoms with Crippen molar-refractivity contribution in [3.05, 3.63) is 77.7 Å². The number of rotatable bonds is 5. The number of imide groups is 2. The minimum absolute atomic E-state index is 0.0737. The van der Waals surface area contributed by atoms with Gasteiger partial charge in [0.15, 0.2) is 0 Å². The van der Waals surface area contributed by atoms with E-state index >= 15 is 0 Å². The minimum atomic E-state index is -1.02. The van der Waals surface area contributed by atoms with Gasteiger partial charge in [0.25, 0.3) is 11.8 Å². The van der Waals surface area contributed by atoms with Gasteiger partial charge >= 0.3 is 0 Å². The lowest BCUT2D eigenvalue weighted by atomic mass is 10.0. The standard InChI is InChI=1S/C30H25N5O4/c1-16-13-17(9-11-31-16)21-14-18-10-12-34(19-5-6-19)25(18)15-23(21)32-22-4-2-3-20-27(22)30(39)35(29(20)38)24-7-8-26(36)33-28(24)37/h2-4,9-15,19,24,32H,5-8H2,1H3,(H,33,36,37). The number of benzene rings is 2. The van der Waals surface area contributed by atoms with E-state index in [1.54, 1.807) is 24.4 Å². The number of nitrogens with zero attached hydrogens (tertiary/aromatic N) is 3. The molecule has 4 heterocycles. The molecule has 2 aromatic carbocycles. The van der Waals surface area contributed by atoms with Crippen molar-refractivity contribution in [2.45, 2.75) is 44.7 Å². The van der Waals surface area contributed by atoms with E-state index in [9.17, 15) is 19.2 Å². The zero-order valence-electron chi connectivity index (χ0n) is 21.2. The maximum atomic E-state index is 13.7. The van der Waals surface area contributed by atoms with Crippen LogP contribution in [-0.4, -0.2) is 44.1 Å². The van der Waals surface area contributed by atoms with Gasteiger partial charge in [-0.1, -0.05) is 6.07 Å². The number of hydrogen-bond donors (Lipinski definition) is 2. The molecule has 7 rings (SSSR count). The topological polar surface area (TPSA) is 113 Å². The lowest BCUT2D eigenvalue weighted by molar-refractivity contribution is -0.136. The number of piperidine rings is 1. The molecule has 1 atom stereocenters. The van der Waals surface area contributed by atoms with Gasteiger partial charge < -0.3 is 9.88 Å². The van der Waals surface area contributed by atoms with Gasteiger partial charge in [-0.25, -0.2) is 0 Å². The second-order valence-electron chi connectivity index (χ2n) is 10.4. The van der Waals surface area contributed by atoms with Crippen LogP contribution in [0.15, 0.2) is 60.9 Å². The van der Waals surface area contributed by atoms with Crippen molar-refractivity contribution in [3.63, 3.8) is 0 Å². The Labute approximate surface area is 223 Å². The lowest BCUT2D eigenvalue weighted by Gasteiger charge is -2.27. The van der Waals surface area contributed by atoms with Crippen LogP contribution >= 0.6 is 0 Å². The first-order valence-electron chi connectivity index (χ1n) is 13.1. The molecular weight excluding hydrogens is 494 g/mol. The Morgan fingerprint density at radius 2 is 1.77 bits per heavy atom. The van der Waals surface area contributed by atoms with Gasteiger partial charge in [-0.3, -0.25) is 34.4 Å². The largest absolute Gasteiger partial charge is 0.354 e. The van der Waals surface area contributed by atoms with Crippen molar-refractivity contribution in [3.8, 4) is 11.1 Å². The SMILES string of the molecule is Cc1cc(-c2cc3ccn(C4CC4)c3cc2Nc2cccc3c2C(=O)N(C2CCC(=O)NC2=O)C3=O)ccn1. The van der Waals surface area contributed by atoms with Crippen molar-refractivity contribution < 1.29 is 19.2 Å². The first-order chi connectivity index (χ1) is 18.9. The van der Waals surface area contributed by atoms with Gasteiger partial charge in [0.05, 0.1) is 22.3 Å². The molecule has 2 N–H and O–H groups in total. The van der Waals surface area contributed by atoms with Crippen LogP contribution in [0.2, 0.25) is 0 Å². The summed E-state index contributed by atoms with van der Waals surface area (Å²) in [4.78, 5) is 56.5. The quantitative estimate of drug-likeness (QED) is 0.376. The second-order valence-corrected chi connectivity index (χ2v) is 10.4. The number of hydrogen-bond acceptors (Lipinski definition) is 6. The molecule has 1 aliphatic carbocycles. The second kappa shape index (κ2) is 8.62. The molecule has 0 bridgehead atoms. The van der Waals surface area contributed by atoms with Gasteiger partial charge in [-0.15, -0.1) is 0 Å². The van der Waals surface area contributed by atoms with E-state index in [0.29, 0.717) is 11.7 Å². The summed E-state index contributed by atoms with van der Waals surface area (Å²) in [5.74, 6) is -2.11. The summed E-state index contributed by atoms with van der Waals surface area (Å²) < 4.78 is 2.29. The number of pyridine rings is 1. The number of amides is 4. The molecule has 2 aromatic heterocycles. The highest BCUT2D eigenvalue weighted by molar-refractivity contribution is 6.25.